The van der Waals surface area contributed by atoms with E-state index in [4.69, 9.17) is 4.74 Å². The molecule has 0 aliphatic heterocycles. The van der Waals surface area contributed by atoms with Gasteiger partial charge in [-0.2, -0.15) is 0 Å². The van der Waals surface area contributed by atoms with Gasteiger partial charge in [-0.15, -0.1) is 0 Å². The van der Waals surface area contributed by atoms with Crippen LogP contribution in [0.4, 0.5) is 0 Å². The van der Waals surface area contributed by atoms with Crippen LogP contribution in [-0.4, -0.2) is 12.6 Å². The van der Waals surface area contributed by atoms with E-state index in [1.807, 2.05) is 0 Å². The van der Waals surface area contributed by atoms with Gasteiger partial charge in [-0.1, -0.05) is 29.8 Å². The third kappa shape index (κ3) is 3.74. The molecule has 0 heterocycles. The Morgan fingerprint density at radius 2 is 1.92 bits per heavy atom. The zero-order valence-corrected chi connectivity index (χ0v) is 8.04. The first-order valence-electron chi connectivity index (χ1n) is 4.37. The number of benzene rings is 1. The van der Waals surface area contributed by atoms with Crippen molar-refractivity contribution in [2.45, 2.75) is 20.3 Å². The molecule has 70 valence electrons. The highest BCUT2D eigenvalue weighted by atomic mass is 16.5. The molecular weight excluding hydrogens is 164 g/mol. The van der Waals surface area contributed by atoms with E-state index in [2.05, 4.69) is 31.2 Å². The van der Waals surface area contributed by atoms with Gasteiger partial charge in [-0.3, -0.25) is 4.79 Å². The first-order chi connectivity index (χ1) is 6.18. The zero-order valence-electron chi connectivity index (χ0n) is 8.04. The summed E-state index contributed by atoms with van der Waals surface area (Å²) in [6.45, 7) is 3.95. The van der Waals surface area contributed by atoms with E-state index in [1.165, 1.54) is 18.1 Å². The molecule has 0 aliphatic carbocycles. The summed E-state index contributed by atoms with van der Waals surface area (Å²) in [5.41, 5.74) is 2.45. The molecule has 13 heavy (non-hydrogen) atoms. The lowest BCUT2D eigenvalue weighted by Gasteiger charge is -2.02. The highest BCUT2D eigenvalue weighted by Crippen LogP contribution is 2.03. The average Bonchev–Trinajstić information content (AvgIpc) is 2.08. The zero-order chi connectivity index (χ0) is 9.68. The molecule has 1 rings (SSSR count). The maximum absolute atomic E-state index is 10.5. The van der Waals surface area contributed by atoms with Crippen LogP contribution in [0.2, 0.25) is 0 Å². The number of carbonyl (C=O) groups excluding carboxylic acids is 1. The van der Waals surface area contributed by atoms with Gasteiger partial charge in [0.25, 0.3) is 0 Å². The van der Waals surface area contributed by atoms with Crippen molar-refractivity contribution in [3.05, 3.63) is 35.4 Å². The van der Waals surface area contributed by atoms with Crippen molar-refractivity contribution >= 4 is 5.97 Å². The van der Waals surface area contributed by atoms with E-state index in [0.717, 1.165) is 6.42 Å². The number of aryl methyl sites for hydroxylation is 1. The molecular formula is C11H14O2. The first kappa shape index (κ1) is 9.78. The molecule has 0 unspecified atom stereocenters. The van der Waals surface area contributed by atoms with Gasteiger partial charge in [0, 0.05) is 13.3 Å². The van der Waals surface area contributed by atoms with Gasteiger partial charge in [0.2, 0.25) is 0 Å². The van der Waals surface area contributed by atoms with Crippen LogP contribution in [0.1, 0.15) is 18.1 Å². The second-order valence-electron chi connectivity index (χ2n) is 3.08. The molecule has 0 fully saturated rings. The minimum Gasteiger partial charge on any atom is -0.466 e. The van der Waals surface area contributed by atoms with Crippen molar-refractivity contribution in [1.82, 2.24) is 0 Å². The molecule has 0 radical (unpaired) electrons. The van der Waals surface area contributed by atoms with E-state index < -0.39 is 0 Å². The van der Waals surface area contributed by atoms with Crippen LogP contribution in [0.3, 0.4) is 0 Å². The quantitative estimate of drug-likeness (QED) is 0.662. The molecule has 0 atom stereocenters. The molecule has 2 heteroatoms. The van der Waals surface area contributed by atoms with Crippen LogP contribution >= 0.6 is 0 Å². The van der Waals surface area contributed by atoms with Gasteiger partial charge < -0.3 is 4.74 Å². The van der Waals surface area contributed by atoms with E-state index in [1.54, 1.807) is 0 Å². The normalized spacial score (nSPS) is 9.69. The molecule has 0 aromatic heterocycles. The van der Waals surface area contributed by atoms with Gasteiger partial charge in [-0.05, 0) is 12.5 Å². The van der Waals surface area contributed by atoms with Gasteiger partial charge in [-0.25, -0.2) is 0 Å². The Morgan fingerprint density at radius 3 is 2.46 bits per heavy atom. The Kier molecular flexibility index (Phi) is 3.50. The third-order valence-corrected chi connectivity index (χ3v) is 1.82. The lowest BCUT2D eigenvalue weighted by atomic mass is 10.1. The Balaban J connectivity index is 2.37. The van der Waals surface area contributed by atoms with E-state index in [0.29, 0.717) is 6.61 Å². The number of hydrogen-bond acceptors (Lipinski definition) is 2. The molecule has 0 aliphatic rings. The van der Waals surface area contributed by atoms with Crippen LogP contribution in [0.15, 0.2) is 24.3 Å². The minimum atomic E-state index is -0.216. The Labute approximate surface area is 78.5 Å². The van der Waals surface area contributed by atoms with Gasteiger partial charge >= 0.3 is 5.97 Å². The fourth-order valence-electron chi connectivity index (χ4n) is 1.07. The largest absolute Gasteiger partial charge is 0.466 e. The summed E-state index contributed by atoms with van der Waals surface area (Å²) in [4.78, 5) is 10.5. The predicted molar refractivity (Wildman–Crippen MR) is 51.5 cm³/mol. The summed E-state index contributed by atoms with van der Waals surface area (Å²) in [7, 11) is 0. The number of carbonyl (C=O) groups is 1. The SMILES string of the molecule is CC(=O)OCCc1ccc(C)cc1. The summed E-state index contributed by atoms with van der Waals surface area (Å²) in [5, 5.41) is 0. The van der Waals surface area contributed by atoms with Crippen molar-refractivity contribution < 1.29 is 9.53 Å². The summed E-state index contributed by atoms with van der Waals surface area (Å²) in [5.74, 6) is -0.216. The highest BCUT2D eigenvalue weighted by molar-refractivity contribution is 5.65. The van der Waals surface area contributed by atoms with Crippen molar-refractivity contribution in [2.24, 2.45) is 0 Å². The molecule has 0 bridgehead atoms. The smallest absolute Gasteiger partial charge is 0.302 e. The maximum atomic E-state index is 10.5. The lowest BCUT2D eigenvalue weighted by molar-refractivity contribution is -0.140. The third-order valence-electron chi connectivity index (χ3n) is 1.82. The van der Waals surface area contributed by atoms with Gasteiger partial charge in [0.15, 0.2) is 0 Å². The Morgan fingerprint density at radius 1 is 1.31 bits per heavy atom. The van der Waals surface area contributed by atoms with Crippen LogP contribution in [0, 0.1) is 6.92 Å². The fraction of sp³-hybridized carbons (Fsp3) is 0.364. The maximum Gasteiger partial charge on any atom is 0.302 e. The van der Waals surface area contributed by atoms with E-state index >= 15 is 0 Å². The van der Waals surface area contributed by atoms with E-state index in [-0.39, 0.29) is 5.97 Å². The van der Waals surface area contributed by atoms with Crippen molar-refractivity contribution in [2.75, 3.05) is 6.61 Å². The Hall–Kier alpha value is -1.31. The average molecular weight is 178 g/mol. The fourth-order valence-corrected chi connectivity index (χ4v) is 1.07. The standard InChI is InChI=1S/C11H14O2/c1-9-3-5-11(6-4-9)7-8-13-10(2)12/h3-6H,7-8H2,1-2H3. The van der Waals surface area contributed by atoms with Crippen molar-refractivity contribution in [1.29, 1.82) is 0 Å². The number of ether oxygens (including phenoxy) is 1. The molecule has 1 aromatic rings. The molecule has 0 amide bonds. The summed E-state index contributed by atoms with van der Waals surface area (Å²) in [6.07, 6.45) is 0.792. The van der Waals surface area contributed by atoms with Crippen LogP contribution in [-0.2, 0) is 16.0 Å². The highest BCUT2D eigenvalue weighted by Gasteiger charge is 1.94. The Bertz CT molecular complexity index is 275. The second-order valence-corrected chi connectivity index (χ2v) is 3.08. The molecule has 2 nitrogen and oxygen atoms in total. The first-order valence-corrected chi connectivity index (χ1v) is 4.37. The number of esters is 1. The topological polar surface area (TPSA) is 26.3 Å². The molecule has 0 N–H and O–H groups in total. The van der Waals surface area contributed by atoms with E-state index in [9.17, 15) is 4.79 Å². The van der Waals surface area contributed by atoms with Crippen molar-refractivity contribution in [3.63, 3.8) is 0 Å². The molecule has 0 spiro atoms. The minimum absolute atomic E-state index is 0.216. The van der Waals surface area contributed by atoms with Crippen molar-refractivity contribution in [3.8, 4) is 0 Å². The number of rotatable bonds is 3. The van der Waals surface area contributed by atoms with Crippen LogP contribution in [0.5, 0.6) is 0 Å². The van der Waals surface area contributed by atoms with Gasteiger partial charge in [0.05, 0.1) is 6.61 Å². The van der Waals surface area contributed by atoms with Gasteiger partial charge in [0.1, 0.15) is 0 Å². The summed E-state index contributed by atoms with van der Waals surface area (Å²) < 4.78 is 4.84. The molecule has 0 saturated heterocycles. The van der Waals surface area contributed by atoms with Crippen LogP contribution < -0.4 is 0 Å². The summed E-state index contributed by atoms with van der Waals surface area (Å²) >= 11 is 0. The predicted octanol–water partition coefficient (Wildman–Crippen LogP) is 2.10. The lowest BCUT2D eigenvalue weighted by Crippen LogP contribution is -2.03. The number of hydrogen-bond donors (Lipinski definition) is 0. The molecule has 1 aromatic carbocycles. The second kappa shape index (κ2) is 4.65. The van der Waals surface area contributed by atoms with Crippen LogP contribution in [0.25, 0.3) is 0 Å². The monoisotopic (exact) mass is 178 g/mol. The molecule has 0 saturated carbocycles. The summed E-state index contributed by atoms with van der Waals surface area (Å²) in [6, 6.07) is 8.23.